The molecule has 0 bridgehead atoms. The number of likely N-dealkylation sites (tertiary alicyclic amines) is 1. The van der Waals surface area contributed by atoms with E-state index in [-0.39, 0.29) is 17.6 Å². The number of hydrogen-bond donors (Lipinski definition) is 0. The molecular weight excluding hydrogens is 414 g/mol. The molecule has 0 spiro atoms. The van der Waals surface area contributed by atoms with Crippen LogP contribution in [0.2, 0.25) is 5.02 Å². The fourth-order valence-electron chi connectivity index (χ4n) is 4.29. The molecule has 162 valence electrons. The van der Waals surface area contributed by atoms with Gasteiger partial charge in [-0.05, 0) is 43.1 Å². The number of esters is 1. The zero-order chi connectivity index (χ0) is 21.8. The van der Waals surface area contributed by atoms with Crippen LogP contribution in [0.4, 0.5) is 0 Å². The minimum absolute atomic E-state index is 0.0738. The molecule has 4 rings (SSSR count). The zero-order valence-electron chi connectivity index (χ0n) is 17.6. The zero-order valence-corrected chi connectivity index (χ0v) is 18.3. The van der Waals surface area contributed by atoms with Crippen LogP contribution in [0, 0.1) is 0 Å². The summed E-state index contributed by atoms with van der Waals surface area (Å²) in [6, 6.07) is 15.5. The molecule has 3 aromatic rings. The molecule has 0 radical (unpaired) electrons. The summed E-state index contributed by atoms with van der Waals surface area (Å²) in [5, 5.41) is 7.04. The first kappa shape index (κ1) is 21.5. The first-order valence-electron chi connectivity index (χ1n) is 10.6. The SMILES string of the molecule is COC(=O)CCN1CCC[C@@H]1Cn1nc(Cc2ccc(Cl)cc2)c2ccccc2c1=O. The summed E-state index contributed by atoms with van der Waals surface area (Å²) in [6.45, 7) is 2.07. The lowest BCUT2D eigenvalue weighted by Crippen LogP contribution is -2.38. The number of aromatic nitrogens is 2. The number of halogens is 1. The minimum Gasteiger partial charge on any atom is -0.469 e. The molecule has 1 fully saturated rings. The number of fused-ring (bicyclic) bond motifs is 1. The highest BCUT2D eigenvalue weighted by Crippen LogP contribution is 2.21. The van der Waals surface area contributed by atoms with Gasteiger partial charge in [0.25, 0.3) is 5.56 Å². The predicted octanol–water partition coefficient (Wildman–Crippen LogP) is 3.67. The quantitative estimate of drug-likeness (QED) is 0.525. The highest BCUT2D eigenvalue weighted by Gasteiger charge is 2.26. The van der Waals surface area contributed by atoms with Gasteiger partial charge in [0.2, 0.25) is 0 Å². The van der Waals surface area contributed by atoms with Gasteiger partial charge >= 0.3 is 5.97 Å². The van der Waals surface area contributed by atoms with Gasteiger partial charge in [0.05, 0.1) is 31.2 Å². The molecule has 1 aromatic heterocycles. The Labute approximate surface area is 186 Å². The van der Waals surface area contributed by atoms with Crippen molar-refractivity contribution in [2.24, 2.45) is 0 Å². The Morgan fingerprint density at radius 1 is 1.16 bits per heavy atom. The molecule has 31 heavy (non-hydrogen) atoms. The number of rotatable bonds is 7. The van der Waals surface area contributed by atoms with Gasteiger partial charge in [-0.1, -0.05) is 41.9 Å². The van der Waals surface area contributed by atoms with Gasteiger partial charge in [-0.25, -0.2) is 4.68 Å². The van der Waals surface area contributed by atoms with E-state index in [0.29, 0.717) is 36.3 Å². The molecule has 0 amide bonds. The van der Waals surface area contributed by atoms with Gasteiger partial charge in [-0.2, -0.15) is 5.10 Å². The lowest BCUT2D eigenvalue weighted by atomic mass is 10.0. The average molecular weight is 440 g/mol. The molecule has 6 nitrogen and oxygen atoms in total. The lowest BCUT2D eigenvalue weighted by molar-refractivity contribution is -0.141. The van der Waals surface area contributed by atoms with E-state index in [9.17, 15) is 9.59 Å². The molecule has 0 saturated carbocycles. The number of carbonyl (C=O) groups is 1. The standard InChI is InChI=1S/C24H26ClN3O3/c1-31-23(29)12-14-27-13-4-5-19(27)16-28-24(30)21-7-3-2-6-20(21)22(26-28)15-17-8-10-18(25)11-9-17/h2-3,6-11,19H,4-5,12-16H2,1H3/t19-/m1/s1. The van der Waals surface area contributed by atoms with Crippen molar-refractivity contribution < 1.29 is 9.53 Å². The van der Waals surface area contributed by atoms with Gasteiger partial charge in [0.15, 0.2) is 0 Å². The maximum atomic E-state index is 13.2. The van der Waals surface area contributed by atoms with E-state index in [2.05, 4.69) is 4.90 Å². The van der Waals surface area contributed by atoms with Gasteiger partial charge in [0.1, 0.15) is 0 Å². The van der Waals surface area contributed by atoms with Crippen LogP contribution in [0.1, 0.15) is 30.5 Å². The highest BCUT2D eigenvalue weighted by atomic mass is 35.5. The lowest BCUT2D eigenvalue weighted by Gasteiger charge is -2.24. The Morgan fingerprint density at radius 3 is 2.65 bits per heavy atom. The van der Waals surface area contributed by atoms with Gasteiger partial charge in [-0.3, -0.25) is 14.5 Å². The molecule has 1 atom stereocenters. The topological polar surface area (TPSA) is 64.4 Å². The van der Waals surface area contributed by atoms with Crippen LogP contribution < -0.4 is 5.56 Å². The third-order valence-corrected chi connectivity index (χ3v) is 6.19. The largest absolute Gasteiger partial charge is 0.469 e. The Hall–Kier alpha value is -2.70. The number of benzene rings is 2. The van der Waals surface area contributed by atoms with E-state index in [4.69, 9.17) is 21.4 Å². The fourth-order valence-corrected chi connectivity index (χ4v) is 4.41. The Morgan fingerprint density at radius 2 is 1.90 bits per heavy atom. The number of methoxy groups -OCH3 is 1. The average Bonchev–Trinajstić information content (AvgIpc) is 3.23. The van der Waals surface area contributed by atoms with Crippen molar-refractivity contribution >= 4 is 28.3 Å². The molecule has 0 N–H and O–H groups in total. The van der Waals surface area contributed by atoms with Crippen LogP contribution in [0.3, 0.4) is 0 Å². The van der Waals surface area contributed by atoms with Gasteiger partial charge in [0, 0.05) is 29.4 Å². The van der Waals surface area contributed by atoms with Crippen molar-refractivity contribution in [3.05, 3.63) is 75.2 Å². The van der Waals surface area contributed by atoms with E-state index in [0.717, 1.165) is 36.0 Å². The first-order valence-corrected chi connectivity index (χ1v) is 11.0. The molecule has 2 heterocycles. The van der Waals surface area contributed by atoms with Crippen molar-refractivity contribution in [2.45, 2.75) is 38.3 Å². The summed E-state index contributed by atoms with van der Waals surface area (Å²) < 4.78 is 6.37. The van der Waals surface area contributed by atoms with Crippen molar-refractivity contribution in [3.63, 3.8) is 0 Å². The Kier molecular flexibility index (Phi) is 6.68. The van der Waals surface area contributed by atoms with E-state index >= 15 is 0 Å². The second kappa shape index (κ2) is 9.62. The normalized spacial score (nSPS) is 16.6. The van der Waals surface area contributed by atoms with Crippen molar-refractivity contribution in [3.8, 4) is 0 Å². The van der Waals surface area contributed by atoms with Crippen molar-refractivity contribution in [1.29, 1.82) is 0 Å². The second-order valence-electron chi connectivity index (χ2n) is 7.94. The van der Waals surface area contributed by atoms with E-state index < -0.39 is 0 Å². The number of ether oxygens (including phenoxy) is 1. The smallest absolute Gasteiger partial charge is 0.306 e. The summed E-state index contributed by atoms with van der Waals surface area (Å²) in [5.74, 6) is -0.211. The van der Waals surface area contributed by atoms with Gasteiger partial charge < -0.3 is 4.74 Å². The number of carbonyl (C=O) groups excluding carboxylic acids is 1. The molecule has 0 aliphatic carbocycles. The van der Waals surface area contributed by atoms with Crippen LogP contribution in [-0.4, -0.2) is 46.9 Å². The van der Waals surface area contributed by atoms with Crippen molar-refractivity contribution in [2.75, 3.05) is 20.2 Å². The number of nitrogens with zero attached hydrogens (tertiary/aromatic N) is 3. The van der Waals surface area contributed by atoms with Crippen LogP contribution >= 0.6 is 11.6 Å². The second-order valence-corrected chi connectivity index (χ2v) is 8.38. The summed E-state index contributed by atoms with van der Waals surface area (Å²) in [5.41, 5.74) is 1.89. The van der Waals surface area contributed by atoms with Crippen LogP contribution in [0.25, 0.3) is 10.8 Å². The predicted molar refractivity (Wildman–Crippen MR) is 121 cm³/mol. The molecule has 2 aromatic carbocycles. The van der Waals surface area contributed by atoms with Crippen LogP contribution in [-0.2, 0) is 22.5 Å². The summed E-state index contributed by atoms with van der Waals surface area (Å²) in [7, 11) is 1.41. The summed E-state index contributed by atoms with van der Waals surface area (Å²) >= 11 is 6.02. The molecule has 1 saturated heterocycles. The monoisotopic (exact) mass is 439 g/mol. The van der Waals surface area contributed by atoms with Gasteiger partial charge in [-0.15, -0.1) is 0 Å². The molecule has 0 unspecified atom stereocenters. The van der Waals surface area contributed by atoms with Crippen molar-refractivity contribution in [1.82, 2.24) is 14.7 Å². The molecule has 1 aliphatic rings. The molecule has 7 heteroatoms. The maximum Gasteiger partial charge on any atom is 0.306 e. The highest BCUT2D eigenvalue weighted by molar-refractivity contribution is 6.30. The summed E-state index contributed by atoms with van der Waals surface area (Å²) in [4.78, 5) is 27.0. The maximum absolute atomic E-state index is 13.2. The minimum atomic E-state index is -0.211. The molecular formula is C24H26ClN3O3. The third-order valence-electron chi connectivity index (χ3n) is 5.94. The van der Waals surface area contributed by atoms with Crippen LogP contribution in [0.5, 0.6) is 0 Å². The Bertz CT molecular complexity index is 1130. The Balaban J connectivity index is 1.63. The number of hydrogen-bond acceptors (Lipinski definition) is 5. The van der Waals surface area contributed by atoms with E-state index in [1.807, 2.05) is 48.5 Å². The first-order chi connectivity index (χ1) is 15.0. The molecule has 1 aliphatic heterocycles. The van der Waals surface area contributed by atoms with E-state index in [1.54, 1.807) is 4.68 Å². The third kappa shape index (κ3) is 4.97. The van der Waals surface area contributed by atoms with Crippen LogP contribution in [0.15, 0.2) is 53.3 Å². The summed E-state index contributed by atoms with van der Waals surface area (Å²) in [6.07, 6.45) is 3.00. The van der Waals surface area contributed by atoms with E-state index in [1.165, 1.54) is 7.11 Å². The fraction of sp³-hybridized carbons (Fsp3) is 0.375.